The van der Waals surface area contributed by atoms with Crippen LogP contribution >= 0.6 is 0 Å². The van der Waals surface area contributed by atoms with E-state index in [1.165, 1.54) is 30.3 Å². The lowest BCUT2D eigenvalue weighted by molar-refractivity contribution is -0.914. The van der Waals surface area contributed by atoms with Crippen molar-refractivity contribution in [1.29, 1.82) is 0 Å². The predicted octanol–water partition coefficient (Wildman–Crippen LogP) is 1.19. The molecular formula is C22H24FNO5. The number of Topliss-reactive ketones (excluding diaryl/α,β-unsaturated/α-hetero) is 1. The number of allylic oxidation sites excluding steroid dienone is 1. The van der Waals surface area contributed by atoms with Crippen molar-refractivity contribution in [2.75, 3.05) is 40.5 Å². The maximum Gasteiger partial charge on any atom is 0.231 e. The van der Waals surface area contributed by atoms with Gasteiger partial charge in [0.2, 0.25) is 5.78 Å². The van der Waals surface area contributed by atoms with Crippen LogP contribution < -0.4 is 14.7 Å². The summed E-state index contributed by atoms with van der Waals surface area (Å²) in [6.07, 6.45) is 1.49. The van der Waals surface area contributed by atoms with Crippen molar-refractivity contribution in [2.45, 2.75) is 6.54 Å². The number of hydrogen-bond donors (Lipinski definition) is 1. The summed E-state index contributed by atoms with van der Waals surface area (Å²) in [6.45, 7) is 2.82. The first-order valence-electron chi connectivity index (χ1n) is 9.37. The number of fused-ring (bicyclic) bond motifs is 1. The number of carbonyl (C=O) groups excluding carboxylic acids is 1. The molecule has 0 aliphatic carbocycles. The van der Waals surface area contributed by atoms with Gasteiger partial charge >= 0.3 is 0 Å². The largest absolute Gasteiger partial charge is 0.872 e. The van der Waals surface area contributed by atoms with Gasteiger partial charge in [0.15, 0.2) is 5.76 Å². The van der Waals surface area contributed by atoms with Crippen molar-refractivity contribution < 1.29 is 33.4 Å². The molecule has 0 amide bonds. The SMILES string of the molecule is COCC[NH+](CCOC)Cc1c([O-])ccc2c1O/C(=C\c1cccc(F)c1)C2=O. The highest BCUT2D eigenvalue weighted by atomic mass is 19.1. The molecule has 1 aliphatic rings. The molecule has 1 heterocycles. The van der Waals surface area contributed by atoms with Gasteiger partial charge in [-0.2, -0.15) is 0 Å². The highest BCUT2D eigenvalue weighted by molar-refractivity contribution is 6.14. The summed E-state index contributed by atoms with van der Waals surface area (Å²) < 4.78 is 29.6. The van der Waals surface area contributed by atoms with E-state index in [-0.39, 0.29) is 23.0 Å². The summed E-state index contributed by atoms with van der Waals surface area (Å²) in [5, 5.41) is 12.5. The quantitative estimate of drug-likeness (QED) is 0.640. The van der Waals surface area contributed by atoms with E-state index in [4.69, 9.17) is 14.2 Å². The first-order chi connectivity index (χ1) is 14.0. The highest BCUT2D eigenvalue weighted by Crippen LogP contribution is 2.38. The Hall–Kier alpha value is -2.74. The van der Waals surface area contributed by atoms with Crippen LogP contribution in [0.5, 0.6) is 11.5 Å². The van der Waals surface area contributed by atoms with Gasteiger partial charge in [-0.3, -0.25) is 4.79 Å². The van der Waals surface area contributed by atoms with E-state index in [2.05, 4.69) is 0 Å². The number of rotatable bonds is 9. The van der Waals surface area contributed by atoms with Crippen LogP contribution in [0.15, 0.2) is 42.2 Å². The number of halogens is 1. The average molecular weight is 401 g/mol. The Morgan fingerprint density at radius 2 is 1.86 bits per heavy atom. The topological polar surface area (TPSA) is 72.3 Å². The number of ketones is 1. The molecular weight excluding hydrogens is 377 g/mol. The number of benzene rings is 2. The van der Waals surface area contributed by atoms with Gasteiger partial charge in [0.05, 0.1) is 18.8 Å². The number of methoxy groups -OCH3 is 2. The molecule has 0 bridgehead atoms. The number of ether oxygens (including phenoxy) is 3. The zero-order valence-corrected chi connectivity index (χ0v) is 16.5. The third kappa shape index (κ3) is 5.00. The molecule has 0 aromatic heterocycles. The minimum Gasteiger partial charge on any atom is -0.872 e. The van der Waals surface area contributed by atoms with E-state index in [0.717, 1.165) is 4.90 Å². The molecule has 0 spiro atoms. The molecule has 7 heteroatoms. The van der Waals surface area contributed by atoms with E-state index in [9.17, 15) is 14.3 Å². The van der Waals surface area contributed by atoms with Crippen LogP contribution in [-0.4, -0.2) is 46.3 Å². The molecule has 0 saturated heterocycles. The first kappa shape index (κ1) is 21.0. The van der Waals surface area contributed by atoms with Gasteiger partial charge in [-0.15, -0.1) is 0 Å². The van der Waals surface area contributed by atoms with Crippen LogP contribution in [0.4, 0.5) is 4.39 Å². The molecule has 0 unspecified atom stereocenters. The standard InChI is InChI=1S/C22H24FNO5/c1-27-10-8-24(9-11-28-2)14-18-19(25)7-6-17-21(26)20(29-22(17)18)13-15-4-3-5-16(23)12-15/h3-7,12-13,25H,8-11,14H2,1-2H3/b20-13-. The second-order valence-electron chi connectivity index (χ2n) is 6.83. The van der Waals surface area contributed by atoms with Crippen LogP contribution in [0.25, 0.3) is 6.08 Å². The van der Waals surface area contributed by atoms with Gasteiger partial charge in [-0.05, 0) is 29.8 Å². The van der Waals surface area contributed by atoms with Crippen molar-refractivity contribution in [3.63, 3.8) is 0 Å². The Balaban J connectivity index is 1.89. The van der Waals surface area contributed by atoms with E-state index in [0.29, 0.717) is 49.5 Å². The van der Waals surface area contributed by atoms with Crippen LogP contribution in [0.3, 0.4) is 0 Å². The lowest BCUT2D eigenvalue weighted by Gasteiger charge is -2.23. The van der Waals surface area contributed by atoms with Crippen molar-refractivity contribution in [3.05, 3.63) is 64.7 Å². The zero-order valence-electron chi connectivity index (χ0n) is 16.5. The summed E-state index contributed by atoms with van der Waals surface area (Å²) in [6, 6.07) is 8.76. The minimum atomic E-state index is -0.402. The lowest BCUT2D eigenvalue weighted by atomic mass is 10.0. The Labute approximate surface area is 169 Å². The van der Waals surface area contributed by atoms with Gasteiger partial charge < -0.3 is 24.2 Å². The molecule has 3 rings (SSSR count). The molecule has 154 valence electrons. The van der Waals surface area contributed by atoms with Crippen LogP contribution in [0, 0.1) is 5.82 Å². The fraction of sp³-hybridized carbons (Fsp3) is 0.318. The summed E-state index contributed by atoms with van der Waals surface area (Å²) in [7, 11) is 3.25. The fourth-order valence-electron chi connectivity index (χ4n) is 3.25. The van der Waals surface area contributed by atoms with Crippen LogP contribution in [0.1, 0.15) is 21.5 Å². The van der Waals surface area contributed by atoms with Gasteiger partial charge in [0.25, 0.3) is 0 Å². The molecule has 2 aromatic carbocycles. The van der Waals surface area contributed by atoms with Crippen LogP contribution in [-0.2, 0) is 16.0 Å². The Bertz CT molecular complexity index is 904. The van der Waals surface area contributed by atoms with E-state index < -0.39 is 5.82 Å². The van der Waals surface area contributed by atoms with Crippen LogP contribution in [0.2, 0.25) is 0 Å². The molecule has 29 heavy (non-hydrogen) atoms. The normalized spacial score (nSPS) is 14.5. The minimum absolute atomic E-state index is 0.0767. The molecule has 0 saturated carbocycles. The smallest absolute Gasteiger partial charge is 0.231 e. The molecule has 0 atom stereocenters. The lowest BCUT2D eigenvalue weighted by Crippen LogP contribution is -3.11. The number of carbonyl (C=O) groups is 1. The van der Waals surface area contributed by atoms with Gasteiger partial charge in [0.1, 0.15) is 31.2 Å². The number of hydrogen-bond acceptors (Lipinski definition) is 5. The molecule has 1 N–H and O–H groups in total. The third-order valence-corrected chi connectivity index (χ3v) is 4.79. The molecule has 0 fully saturated rings. The zero-order chi connectivity index (χ0) is 20.8. The van der Waals surface area contributed by atoms with Crippen molar-refractivity contribution in [1.82, 2.24) is 0 Å². The second-order valence-corrected chi connectivity index (χ2v) is 6.83. The number of nitrogens with one attached hydrogen (secondary N) is 1. The number of quaternary nitrogens is 1. The Kier molecular flexibility index (Phi) is 6.98. The average Bonchev–Trinajstić information content (AvgIpc) is 3.01. The summed E-state index contributed by atoms with van der Waals surface area (Å²) in [5.41, 5.74) is 1.30. The fourth-order valence-corrected chi connectivity index (χ4v) is 3.25. The predicted molar refractivity (Wildman–Crippen MR) is 103 cm³/mol. The maximum absolute atomic E-state index is 13.4. The molecule has 1 aliphatic heterocycles. The Morgan fingerprint density at radius 1 is 1.14 bits per heavy atom. The van der Waals surface area contributed by atoms with Crippen molar-refractivity contribution in [3.8, 4) is 11.5 Å². The van der Waals surface area contributed by atoms with Crippen molar-refractivity contribution in [2.24, 2.45) is 0 Å². The molecule has 0 radical (unpaired) electrons. The van der Waals surface area contributed by atoms with Crippen molar-refractivity contribution >= 4 is 11.9 Å². The first-order valence-corrected chi connectivity index (χ1v) is 9.37. The van der Waals surface area contributed by atoms with E-state index in [1.54, 1.807) is 26.4 Å². The summed E-state index contributed by atoms with van der Waals surface area (Å²) in [5.74, 6) is -0.539. The van der Waals surface area contributed by atoms with Gasteiger partial charge in [0, 0.05) is 19.8 Å². The van der Waals surface area contributed by atoms with Gasteiger partial charge in [-0.1, -0.05) is 23.9 Å². The highest BCUT2D eigenvalue weighted by Gasteiger charge is 2.31. The monoisotopic (exact) mass is 401 g/mol. The molecule has 2 aromatic rings. The van der Waals surface area contributed by atoms with Gasteiger partial charge in [-0.25, -0.2) is 4.39 Å². The molecule has 6 nitrogen and oxygen atoms in total. The summed E-state index contributed by atoms with van der Waals surface area (Å²) >= 11 is 0. The Morgan fingerprint density at radius 3 is 2.52 bits per heavy atom. The second kappa shape index (κ2) is 9.65. The van der Waals surface area contributed by atoms with E-state index in [1.807, 2.05) is 0 Å². The van der Waals surface area contributed by atoms with E-state index >= 15 is 0 Å². The third-order valence-electron chi connectivity index (χ3n) is 4.79. The summed E-state index contributed by atoms with van der Waals surface area (Å²) in [4.78, 5) is 13.8. The maximum atomic E-state index is 13.4.